The van der Waals surface area contributed by atoms with Crippen LogP contribution in [0, 0.1) is 16.9 Å². The molecule has 0 aliphatic heterocycles. The van der Waals surface area contributed by atoms with Gasteiger partial charge < -0.3 is 9.84 Å². The number of fused-ring (bicyclic) bond motifs is 1. The Labute approximate surface area is 246 Å². The number of ether oxygens (including phenoxy) is 1. The van der Waals surface area contributed by atoms with E-state index in [1.807, 2.05) is 96.3 Å². The molecule has 0 amide bonds. The van der Waals surface area contributed by atoms with Crippen LogP contribution in [0.2, 0.25) is 0 Å². The fourth-order valence-electron chi connectivity index (χ4n) is 3.50. The van der Waals surface area contributed by atoms with E-state index in [0.29, 0.717) is 11.6 Å². The van der Waals surface area contributed by atoms with Crippen LogP contribution in [0.5, 0.6) is 11.6 Å². The van der Waals surface area contributed by atoms with Crippen LogP contribution in [0.3, 0.4) is 0 Å². The van der Waals surface area contributed by atoms with Gasteiger partial charge in [0.25, 0.3) is 0 Å². The minimum Gasteiger partial charge on any atom is -0.512 e. The van der Waals surface area contributed by atoms with Gasteiger partial charge in [0.1, 0.15) is 5.76 Å². The van der Waals surface area contributed by atoms with Gasteiger partial charge in [0.15, 0.2) is 5.78 Å². The number of nitrogens with zero attached hydrogens (tertiary/aromatic N) is 1. The zero-order valence-electron chi connectivity index (χ0n) is 23.6. The average molecular weight is 701 g/mol. The third-order valence-electron chi connectivity index (χ3n) is 7.12. The fraction of sp³-hybridized carbons (Fsp3) is 0.294. The Morgan fingerprint density at radius 1 is 0.923 bits per heavy atom. The van der Waals surface area contributed by atoms with Crippen molar-refractivity contribution >= 4 is 16.6 Å². The zero-order chi connectivity index (χ0) is 27.8. The maximum atomic E-state index is 11.8. The Balaban J connectivity index is 0.000000294. The molecule has 4 rings (SSSR count). The minimum atomic E-state index is -0.377. The summed E-state index contributed by atoms with van der Waals surface area (Å²) in [6.45, 7) is 11.7. The number of rotatable bonds is 8. The van der Waals surface area contributed by atoms with E-state index < -0.39 is 0 Å². The van der Waals surface area contributed by atoms with Gasteiger partial charge in [0, 0.05) is 60.4 Å². The topological polar surface area (TPSA) is 59.4 Å². The van der Waals surface area contributed by atoms with Gasteiger partial charge >= 0.3 is 0 Å². The minimum absolute atomic E-state index is 0. The number of benzene rings is 3. The van der Waals surface area contributed by atoms with Crippen LogP contribution in [0.15, 0.2) is 96.9 Å². The van der Waals surface area contributed by atoms with Crippen molar-refractivity contribution in [2.24, 2.45) is 10.8 Å². The molecular weight excluding hydrogens is 663 g/mol. The molecule has 0 spiro atoms. The van der Waals surface area contributed by atoms with Crippen LogP contribution in [0.4, 0.5) is 0 Å². The summed E-state index contributed by atoms with van der Waals surface area (Å²) >= 11 is 0. The quantitative estimate of drug-likeness (QED) is 0.113. The molecule has 0 aliphatic carbocycles. The molecule has 1 heterocycles. The number of ketones is 1. The Morgan fingerprint density at radius 3 is 2.21 bits per heavy atom. The number of aliphatic hydroxyl groups excluding tert-OH is 1. The second-order valence-electron chi connectivity index (χ2n) is 10.6. The van der Waals surface area contributed by atoms with E-state index in [-0.39, 0.29) is 42.5 Å². The second-order valence-corrected chi connectivity index (χ2v) is 10.6. The normalized spacial score (nSPS) is 11.7. The summed E-state index contributed by atoms with van der Waals surface area (Å²) in [5.74, 6) is 1.43. The van der Waals surface area contributed by atoms with Crippen molar-refractivity contribution in [3.05, 3.63) is 103 Å². The van der Waals surface area contributed by atoms with Crippen molar-refractivity contribution in [1.29, 1.82) is 0 Å². The molecule has 0 saturated carbocycles. The monoisotopic (exact) mass is 701 g/mol. The Hall–Kier alpha value is -3.27. The van der Waals surface area contributed by atoms with Crippen molar-refractivity contribution in [3.63, 3.8) is 0 Å². The summed E-state index contributed by atoms with van der Waals surface area (Å²) < 4.78 is 5.77. The van der Waals surface area contributed by atoms with Crippen LogP contribution in [-0.4, -0.2) is 15.9 Å². The molecule has 4 nitrogen and oxygen atoms in total. The standard InChI is InChI=1S/C21H14NO.C13H24O2.Ir/c1-3-8-16(9-4-1)19-13-7-10-17-14-21(22-15-20(17)19)23-18-11-5-2-6-12-18;1-7-12(3,4)10(14)9-11(15)13(5,6)8-2;/h1-11,13-15H;9,14H,7-8H2,1-6H3;/q-1;;/b;10-9-;. The zero-order valence-corrected chi connectivity index (χ0v) is 26.0. The summed E-state index contributed by atoms with van der Waals surface area (Å²) in [4.78, 5) is 16.3. The van der Waals surface area contributed by atoms with Gasteiger partial charge in [-0.3, -0.25) is 4.79 Å². The van der Waals surface area contributed by atoms with E-state index in [1.54, 1.807) is 0 Å². The summed E-state index contributed by atoms with van der Waals surface area (Å²) in [7, 11) is 0. The number of carbonyl (C=O) groups excluding carboxylic acids is 1. The van der Waals surface area contributed by atoms with Crippen molar-refractivity contribution < 1.29 is 34.7 Å². The second kappa shape index (κ2) is 14.2. The first-order valence-corrected chi connectivity index (χ1v) is 13.1. The van der Waals surface area contributed by atoms with E-state index in [0.717, 1.165) is 23.6 Å². The molecule has 0 bridgehead atoms. The first-order chi connectivity index (χ1) is 18.1. The Kier molecular flexibility index (Phi) is 11.6. The molecule has 1 radical (unpaired) electrons. The van der Waals surface area contributed by atoms with E-state index in [2.05, 4.69) is 41.4 Å². The van der Waals surface area contributed by atoms with E-state index in [9.17, 15) is 9.90 Å². The predicted octanol–water partition coefficient (Wildman–Crippen LogP) is 9.36. The maximum absolute atomic E-state index is 11.8. The van der Waals surface area contributed by atoms with Gasteiger partial charge in [-0.25, -0.2) is 4.98 Å². The van der Waals surface area contributed by atoms with Crippen LogP contribution in [0.1, 0.15) is 54.4 Å². The Bertz CT molecular complexity index is 1380. The number of aromatic nitrogens is 1. The SMILES string of the molecule is CCC(C)(C)C(=O)/C=C(\O)C(C)(C)CC.[Ir].[c-]1ccccc1Oc1cc2cccc(-c3ccccc3)c2cn1. The number of aliphatic hydroxyl groups is 1. The molecule has 39 heavy (non-hydrogen) atoms. The van der Waals surface area contributed by atoms with Crippen LogP contribution in [0.25, 0.3) is 21.9 Å². The third kappa shape index (κ3) is 8.61. The first-order valence-electron chi connectivity index (χ1n) is 13.1. The number of carbonyl (C=O) groups is 1. The van der Waals surface area contributed by atoms with Crippen LogP contribution >= 0.6 is 0 Å². The van der Waals surface area contributed by atoms with Gasteiger partial charge in [-0.05, 0) is 29.4 Å². The Morgan fingerprint density at radius 2 is 1.59 bits per heavy atom. The van der Waals surface area contributed by atoms with Crippen LogP contribution < -0.4 is 4.74 Å². The summed E-state index contributed by atoms with van der Waals surface area (Å²) in [6.07, 6.45) is 4.86. The molecule has 1 aromatic heterocycles. The molecule has 0 aliphatic rings. The van der Waals surface area contributed by atoms with E-state index in [1.165, 1.54) is 17.2 Å². The predicted molar refractivity (Wildman–Crippen MR) is 156 cm³/mol. The smallest absolute Gasteiger partial charge is 0.217 e. The van der Waals surface area contributed by atoms with E-state index in [4.69, 9.17) is 4.74 Å². The molecule has 3 aromatic carbocycles. The van der Waals surface area contributed by atoms with Crippen LogP contribution in [-0.2, 0) is 24.9 Å². The molecule has 5 heteroatoms. The summed E-state index contributed by atoms with van der Waals surface area (Å²) in [6, 6.07) is 29.1. The number of hydrogen-bond acceptors (Lipinski definition) is 4. The number of pyridine rings is 1. The van der Waals surface area contributed by atoms with Gasteiger partial charge in [-0.2, -0.15) is 18.2 Å². The number of hydrogen-bond donors (Lipinski definition) is 1. The largest absolute Gasteiger partial charge is 0.512 e. The molecule has 0 fully saturated rings. The maximum Gasteiger partial charge on any atom is 0.217 e. The van der Waals surface area contributed by atoms with Gasteiger partial charge in [-0.15, -0.1) is 12.1 Å². The molecule has 0 saturated heterocycles. The molecule has 0 atom stereocenters. The molecular formula is C34H38IrNO3-. The third-order valence-corrected chi connectivity index (χ3v) is 7.12. The van der Waals surface area contributed by atoms with Crippen molar-refractivity contribution in [2.45, 2.75) is 54.4 Å². The van der Waals surface area contributed by atoms with Gasteiger partial charge in [0.2, 0.25) is 5.88 Å². The fourth-order valence-corrected chi connectivity index (χ4v) is 3.50. The summed E-state index contributed by atoms with van der Waals surface area (Å²) in [5.41, 5.74) is 1.68. The molecule has 4 aromatic rings. The molecule has 0 unspecified atom stereocenters. The van der Waals surface area contributed by atoms with Gasteiger partial charge in [0.05, 0.1) is 0 Å². The average Bonchev–Trinajstić information content (AvgIpc) is 2.94. The van der Waals surface area contributed by atoms with Crippen molar-refractivity contribution in [2.75, 3.05) is 0 Å². The van der Waals surface area contributed by atoms with E-state index >= 15 is 0 Å². The number of allylic oxidation sites excluding steroid dienone is 2. The van der Waals surface area contributed by atoms with Gasteiger partial charge in [-0.1, -0.05) is 90.1 Å². The molecule has 207 valence electrons. The summed E-state index contributed by atoms with van der Waals surface area (Å²) in [5, 5.41) is 12.1. The first kappa shape index (κ1) is 31.9. The molecule has 1 N–H and O–H groups in total. The van der Waals surface area contributed by atoms with Crippen molar-refractivity contribution in [1.82, 2.24) is 4.98 Å². The number of para-hydroxylation sites is 1. The van der Waals surface area contributed by atoms with Crippen molar-refractivity contribution in [3.8, 4) is 22.8 Å².